The summed E-state index contributed by atoms with van der Waals surface area (Å²) in [5.74, 6) is 0. The Kier molecular flexibility index (Phi) is 3.12. The summed E-state index contributed by atoms with van der Waals surface area (Å²) < 4.78 is 5.04. The quantitative estimate of drug-likeness (QED) is 0.415. The van der Waals surface area contributed by atoms with Gasteiger partial charge in [-0.25, -0.2) is 0 Å². The molecule has 0 bridgehead atoms. The zero-order valence-corrected chi connectivity index (χ0v) is 6.82. The van der Waals surface area contributed by atoms with Gasteiger partial charge in [0.2, 0.25) is 0 Å². The molecule has 1 N–H and O–H groups in total. The third-order valence-corrected chi connectivity index (χ3v) is 1.53. The number of methoxy groups -OCH3 is 1. The van der Waals surface area contributed by atoms with E-state index in [0.29, 0.717) is 0 Å². The molecule has 0 aliphatic rings. The lowest BCUT2D eigenvalue weighted by atomic mass is 10.2. The number of nitriles is 1. The third kappa shape index (κ3) is 1.97. The normalized spacial score (nSPS) is 11.7. The number of benzene rings is 1. The van der Waals surface area contributed by atoms with Gasteiger partial charge < -0.3 is 4.74 Å². The minimum Gasteiger partial charge on any atom is -0.357 e. The highest BCUT2D eigenvalue weighted by atomic mass is 16.5. The van der Waals surface area contributed by atoms with Gasteiger partial charge >= 0.3 is 0 Å². The van der Waals surface area contributed by atoms with Crippen LogP contribution in [0.15, 0.2) is 30.3 Å². The molecule has 0 amide bonds. The minimum atomic E-state index is -0.337. The Bertz CT molecular complexity index is 266. The molecule has 12 heavy (non-hydrogen) atoms. The lowest BCUT2D eigenvalue weighted by Crippen LogP contribution is -2.17. The lowest BCUT2D eigenvalue weighted by Gasteiger charge is -2.12. The van der Waals surface area contributed by atoms with Crippen molar-refractivity contribution in [2.24, 2.45) is 0 Å². The Labute approximate surface area is 71.6 Å². The van der Waals surface area contributed by atoms with Crippen molar-refractivity contribution in [3.05, 3.63) is 35.9 Å². The summed E-state index contributed by atoms with van der Waals surface area (Å²) in [6, 6.07) is 9.53. The number of nitrogens with one attached hydrogen (secondary N) is 1. The minimum absolute atomic E-state index is 0.337. The van der Waals surface area contributed by atoms with E-state index < -0.39 is 0 Å². The summed E-state index contributed by atoms with van der Waals surface area (Å²) in [7, 11) is 1.56. The number of hydrogen-bond acceptors (Lipinski definition) is 3. The van der Waals surface area contributed by atoms with E-state index in [1.807, 2.05) is 36.5 Å². The van der Waals surface area contributed by atoms with Gasteiger partial charge in [-0.05, 0) is 0 Å². The van der Waals surface area contributed by atoms with Crippen molar-refractivity contribution in [2.75, 3.05) is 7.11 Å². The van der Waals surface area contributed by atoms with Crippen molar-refractivity contribution in [3.8, 4) is 6.19 Å². The highest BCUT2D eigenvalue weighted by molar-refractivity contribution is 5.17. The first-order valence-electron chi connectivity index (χ1n) is 3.61. The van der Waals surface area contributed by atoms with Gasteiger partial charge in [0.15, 0.2) is 12.4 Å². The van der Waals surface area contributed by atoms with E-state index in [4.69, 9.17) is 10.00 Å². The predicted octanol–water partition coefficient (Wildman–Crippen LogP) is 1.40. The Morgan fingerprint density at radius 1 is 1.42 bits per heavy atom. The molecule has 0 aliphatic carbocycles. The largest absolute Gasteiger partial charge is 0.357 e. The molecule has 0 heterocycles. The fourth-order valence-corrected chi connectivity index (χ4v) is 0.965. The van der Waals surface area contributed by atoms with Crippen LogP contribution in [-0.4, -0.2) is 7.11 Å². The third-order valence-electron chi connectivity index (χ3n) is 1.53. The monoisotopic (exact) mass is 162 g/mol. The van der Waals surface area contributed by atoms with Gasteiger partial charge in [0, 0.05) is 12.7 Å². The highest BCUT2D eigenvalue weighted by Gasteiger charge is 2.06. The van der Waals surface area contributed by atoms with Crippen LogP contribution >= 0.6 is 0 Å². The van der Waals surface area contributed by atoms with E-state index in [1.54, 1.807) is 7.11 Å². The van der Waals surface area contributed by atoms with Crippen molar-refractivity contribution in [1.82, 2.24) is 5.32 Å². The van der Waals surface area contributed by atoms with Crippen LogP contribution in [0.3, 0.4) is 0 Å². The maximum atomic E-state index is 8.39. The topological polar surface area (TPSA) is 45.0 Å². The summed E-state index contributed by atoms with van der Waals surface area (Å²) in [6.07, 6.45) is 1.51. The fourth-order valence-electron chi connectivity index (χ4n) is 0.965. The van der Waals surface area contributed by atoms with Gasteiger partial charge in [0.1, 0.15) is 0 Å². The molecule has 0 radical (unpaired) electrons. The van der Waals surface area contributed by atoms with Crippen LogP contribution < -0.4 is 5.32 Å². The van der Waals surface area contributed by atoms with Gasteiger partial charge in [-0.15, -0.1) is 0 Å². The van der Waals surface area contributed by atoms with Crippen LogP contribution in [0.5, 0.6) is 0 Å². The summed E-state index contributed by atoms with van der Waals surface area (Å²) in [5.41, 5.74) is 0.946. The smallest absolute Gasteiger partial charge is 0.178 e. The number of rotatable bonds is 3. The molecule has 0 saturated heterocycles. The van der Waals surface area contributed by atoms with E-state index in [0.717, 1.165) is 5.56 Å². The summed E-state index contributed by atoms with van der Waals surface area (Å²) >= 11 is 0. The van der Waals surface area contributed by atoms with Crippen LogP contribution in [0.4, 0.5) is 0 Å². The van der Waals surface area contributed by atoms with Crippen molar-refractivity contribution in [2.45, 2.75) is 6.23 Å². The summed E-state index contributed by atoms with van der Waals surface area (Å²) in [6.45, 7) is 0. The Morgan fingerprint density at radius 2 is 2.08 bits per heavy atom. The number of hydrogen-bond donors (Lipinski definition) is 1. The van der Waals surface area contributed by atoms with Crippen molar-refractivity contribution in [1.29, 1.82) is 5.26 Å². The molecule has 0 aliphatic heterocycles. The highest BCUT2D eigenvalue weighted by Crippen LogP contribution is 2.11. The second-order valence-electron chi connectivity index (χ2n) is 2.28. The van der Waals surface area contributed by atoms with Gasteiger partial charge in [-0.1, -0.05) is 30.3 Å². The molecule has 3 nitrogen and oxygen atoms in total. The summed E-state index contributed by atoms with van der Waals surface area (Å²) in [5, 5.41) is 10.9. The van der Waals surface area contributed by atoms with Gasteiger partial charge in [0.25, 0.3) is 0 Å². The molecular weight excluding hydrogens is 152 g/mol. The van der Waals surface area contributed by atoms with Crippen LogP contribution in [0, 0.1) is 11.5 Å². The standard InChI is InChI=1S/C9H10N2O/c1-12-9(11-7-10)8-5-3-2-4-6-8/h2-6,9,11H,1H3. The molecule has 1 atom stereocenters. The van der Waals surface area contributed by atoms with E-state index in [9.17, 15) is 0 Å². The zero-order valence-electron chi connectivity index (χ0n) is 6.82. The first-order valence-corrected chi connectivity index (χ1v) is 3.61. The molecule has 0 saturated carbocycles. The molecular formula is C9H10N2O. The van der Waals surface area contributed by atoms with Gasteiger partial charge in [-0.2, -0.15) is 5.26 Å². The van der Waals surface area contributed by atoms with Gasteiger partial charge in [0.05, 0.1) is 0 Å². The SMILES string of the molecule is COC(NC#N)c1ccccc1. The van der Waals surface area contributed by atoms with Gasteiger partial charge in [-0.3, -0.25) is 5.32 Å². The van der Waals surface area contributed by atoms with Crippen LogP contribution in [0.25, 0.3) is 0 Å². The summed E-state index contributed by atoms with van der Waals surface area (Å²) in [4.78, 5) is 0. The van der Waals surface area contributed by atoms with E-state index in [2.05, 4.69) is 5.32 Å². The van der Waals surface area contributed by atoms with E-state index in [1.165, 1.54) is 0 Å². The molecule has 1 aromatic carbocycles. The molecule has 1 aromatic rings. The lowest BCUT2D eigenvalue weighted by molar-refractivity contribution is 0.0880. The fraction of sp³-hybridized carbons (Fsp3) is 0.222. The molecule has 3 heteroatoms. The Balaban J connectivity index is 2.75. The predicted molar refractivity (Wildman–Crippen MR) is 44.9 cm³/mol. The van der Waals surface area contributed by atoms with E-state index in [-0.39, 0.29) is 6.23 Å². The Hall–Kier alpha value is -1.53. The molecule has 62 valence electrons. The van der Waals surface area contributed by atoms with Crippen LogP contribution in [0.2, 0.25) is 0 Å². The van der Waals surface area contributed by atoms with Crippen molar-refractivity contribution < 1.29 is 4.74 Å². The number of ether oxygens (including phenoxy) is 1. The molecule has 1 unspecified atom stereocenters. The molecule has 0 aromatic heterocycles. The number of nitrogens with zero attached hydrogens (tertiary/aromatic N) is 1. The van der Waals surface area contributed by atoms with Crippen LogP contribution in [0.1, 0.15) is 11.8 Å². The molecule has 0 spiro atoms. The molecule has 0 fully saturated rings. The average molecular weight is 162 g/mol. The Morgan fingerprint density at radius 3 is 2.58 bits per heavy atom. The van der Waals surface area contributed by atoms with Crippen molar-refractivity contribution in [3.63, 3.8) is 0 Å². The first kappa shape index (κ1) is 8.57. The first-order chi connectivity index (χ1) is 5.88. The second-order valence-corrected chi connectivity index (χ2v) is 2.28. The van der Waals surface area contributed by atoms with Crippen LogP contribution in [-0.2, 0) is 4.74 Å². The zero-order chi connectivity index (χ0) is 8.81. The van der Waals surface area contributed by atoms with E-state index >= 15 is 0 Å². The average Bonchev–Trinajstić information content (AvgIpc) is 2.15. The molecule has 1 rings (SSSR count). The van der Waals surface area contributed by atoms with Crippen molar-refractivity contribution >= 4 is 0 Å². The second kappa shape index (κ2) is 4.37. The maximum absolute atomic E-state index is 8.39. The maximum Gasteiger partial charge on any atom is 0.178 e.